The molecule has 0 aliphatic carbocycles. The van der Waals surface area contributed by atoms with Crippen LogP contribution >= 0.6 is 0 Å². The summed E-state index contributed by atoms with van der Waals surface area (Å²) in [5, 5.41) is 9.33. The Morgan fingerprint density at radius 2 is 1.55 bits per heavy atom. The number of aromatic nitrogens is 2. The van der Waals surface area contributed by atoms with Crippen molar-refractivity contribution in [2.75, 3.05) is 33.9 Å². The Labute approximate surface area is 255 Å². The minimum atomic E-state index is -0.666. The molecule has 2 aromatic heterocycles. The molecular formula is C33H36N6O5. The molecule has 1 aliphatic heterocycles. The molecule has 228 valence electrons. The fourth-order valence-electron chi connectivity index (χ4n) is 5.19. The largest absolute Gasteiger partial charge is 0.443 e. The topological polar surface area (TPSA) is 135 Å². The molecule has 3 amide bonds. The van der Waals surface area contributed by atoms with Crippen LogP contribution in [0.2, 0.25) is 0 Å². The van der Waals surface area contributed by atoms with E-state index in [0.29, 0.717) is 29.7 Å². The lowest BCUT2D eigenvalue weighted by Gasteiger charge is -2.33. The highest BCUT2D eigenvalue weighted by Gasteiger charge is 2.27. The van der Waals surface area contributed by atoms with Gasteiger partial charge in [0.2, 0.25) is 11.8 Å². The lowest BCUT2D eigenvalue weighted by Crippen LogP contribution is -2.38. The number of amides is 3. The minimum Gasteiger partial charge on any atom is -0.443 e. The summed E-state index contributed by atoms with van der Waals surface area (Å²) in [6.45, 7) is 8.20. The monoisotopic (exact) mass is 596 g/mol. The van der Waals surface area contributed by atoms with E-state index in [9.17, 15) is 19.2 Å². The van der Waals surface area contributed by atoms with Crippen LogP contribution in [0.4, 0.5) is 27.5 Å². The van der Waals surface area contributed by atoms with Gasteiger partial charge in [0, 0.05) is 67.0 Å². The van der Waals surface area contributed by atoms with Crippen molar-refractivity contribution in [3.05, 3.63) is 78.8 Å². The number of hydrogen-bond donors (Lipinski definition) is 3. The lowest BCUT2D eigenvalue weighted by atomic mass is 9.95. The highest BCUT2D eigenvalue weighted by atomic mass is 16.6. The highest BCUT2D eigenvalue weighted by molar-refractivity contribution is 6.11. The number of piperidine rings is 1. The zero-order chi connectivity index (χ0) is 31.4. The first kappa shape index (κ1) is 30.3. The minimum absolute atomic E-state index is 0.190. The zero-order valence-corrected chi connectivity index (χ0v) is 25.2. The molecule has 0 spiro atoms. The molecule has 0 bridgehead atoms. The maximum Gasteiger partial charge on any atom is 0.418 e. The molecule has 3 N–H and O–H groups in total. The molecular weight excluding hydrogens is 560 g/mol. The summed E-state index contributed by atoms with van der Waals surface area (Å²) >= 11 is 0. The number of rotatable bonds is 6. The first-order valence-electron chi connectivity index (χ1n) is 14.5. The summed E-state index contributed by atoms with van der Waals surface area (Å²) in [6, 6.07) is 15.7. The molecule has 0 radical (unpaired) electrons. The average Bonchev–Trinajstić information content (AvgIpc) is 3.40. The van der Waals surface area contributed by atoms with Crippen molar-refractivity contribution in [3.8, 4) is 0 Å². The fourth-order valence-corrected chi connectivity index (χ4v) is 5.19. The van der Waals surface area contributed by atoms with Gasteiger partial charge < -0.3 is 25.6 Å². The number of fused-ring (bicyclic) bond motifs is 1. The number of benzene rings is 2. The van der Waals surface area contributed by atoms with Gasteiger partial charge in [-0.2, -0.15) is 0 Å². The lowest BCUT2D eigenvalue weighted by molar-refractivity contribution is -0.120. The summed E-state index contributed by atoms with van der Waals surface area (Å²) in [6.07, 6.45) is 5.90. The zero-order valence-electron chi connectivity index (χ0n) is 25.2. The number of hydrogen-bond acceptors (Lipinski definition) is 7. The molecule has 1 aliphatic rings. The first-order valence-corrected chi connectivity index (χ1v) is 14.5. The standard InChI is InChI=1S/C33H36N6O5/c1-21(40)35-24-7-8-27(28(19-24)37-30(41)23-11-16-38(17-12-23)26-9-14-34-15-10-26)31(42)36-25-6-5-22-13-18-39(29(22)20-25)32(43)44-33(2,3)4/h5-10,13-15,18-20,23H,11-12,16-17H2,1-4H3,(H,35,40)(H,36,42)(H,37,41). The van der Waals surface area contributed by atoms with Crippen LogP contribution < -0.4 is 20.9 Å². The maximum atomic E-state index is 13.5. The normalized spacial score (nSPS) is 13.8. The number of carbonyl (C=O) groups excluding carboxylic acids is 4. The number of pyridine rings is 1. The summed E-state index contributed by atoms with van der Waals surface area (Å²) in [7, 11) is 0. The van der Waals surface area contributed by atoms with Gasteiger partial charge >= 0.3 is 6.09 Å². The second-order valence-electron chi connectivity index (χ2n) is 11.8. The van der Waals surface area contributed by atoms with Gasteiger partial charge in [-0.25, -0.2) is 4.79 Å². The smallest absolute Gasteiger partial charge is 0.418 e. The summed E-state index contributed by atoms with van der Waals surface area (Å²) in [5.41, 5.74) is 2.39. The number of carbonyl (C=O) groups is 4. The molecule has 0 saturated carbocycles. The third kappa shape index (κ3) is 7.23. The van der Waals surface area contributed by atoms with E-state index in [0.717, 1.165) is 24.2 Å². The Morgan fingerprint density at radius 3 is 2.23 bits per heavy atom. The number of nitrogens with zero attached hydrogens (tertiary/aromatic N) is 3. The summed E-state index contributed by atoms with van der Waals surface area (Å²) in [4.78, 5) is 57.7. The molecule has 4 aromatic rings. The molecule has 2 aromatic carbocycles. The Bertz CT molecular complexity index is 1700. The molecule has 11 nitrogen and oxygen atoms in total. The van der Waals surface area contributed by atoms with Crippen molar-refractivity contribution in [1.29, 1.82) is 0 Å². The quantitative estimate of drug-likeness (QED) is 0.253. The number of ether oxygens (including phenoxy) is 1. The summed E-state index contributed by atoms with van der Waals surface area (Å²) in [5.74, 6) is -1.16. The molecule has 1 saturated heterocycles. The molecule has 11 heteroatoms. The van der Waals surface area contributed by atoms with Crippen molar-refractivity contribution in [1.82, 2.24) is 9.55 Å². The van der Waals surface area contributed by atoms with E-state index in [2.05, 4.69) is 25.8 Å². The van der Waals surface area contributed by atoms with Gasteiger partial charge in [0.25, 0.3) is 5.91 Å². The maximum absolute atomic E-state index is 13.5. The molecule has 44 heavy (non-hydrogen) atoms. The molecule has 3 heterocycles. The predicted molar refractivity (Wildman–Crippen MR) is 170 cm³/mol. The van der Waals surface area contributed by atoms with Gasteiger partial charge in [0.15, 0.2) is 0 Å². The van der Waals surface area contributed by atoms with E-state index < -0.39 is 17.6 Å². The first-order chi connectivity index (χ1) is 21.0. The van der Waals surface area contributed by atoms with E-state index in [1.165, 1.54) is 11.5 Å². The van der Waals surface area contributed by atoms with Crippen molar-refractivity contribution in [2.45, 2.75) is 46.1 Å². The van der Waals surface area contributed by atoms with E-state index in [1.54, 1.807) is 81.8 Å². The third-order valence-corrected chi connectivity index (χ3v) is 7.28. The van der Waals surface area contributed by atoms with Crippen LogP contribution in [0.25, 0.3) is 10.9 Å². The molecule has 1 fully saturated rings. The van der Waals surface area contributed by atoms with Crippen molar-refractivity contribution in [3.63, 3.8) is 0 Å². The second kappa shape index (κ2) is 12.6. The van der Waals surface area contributed by atoms with Crippen molar-refractivity contribution >= 4 is 57.5 Å². The Morgan fingerprint density at radius 1 is 0.864 bits per heavy atom. The number of anilines is 4. The Hall–Kier alpha value is -5.19. The predicted octanol–water partition coefficient (Wildman–Crippen LogP) is 5.89. The number of nitrogens with one attached hydrogen (secondary N) is 3. The SMILES string of the molecule is CC(=O)Nc1ccc(C(=O)Nc2ccc3ccn(C(=O)OC(C)(C)C)c3c2)c(NC(=O)C2CCN(c3ccncc3)CC2)c1. The van der Waals surface area contributed by atoms with Gasteiger partial charge in [0.05, 0.1) is 16.8 Å². The van der Waals surface area contributed by atoms with Crippen molar-refractivity contribution in [2.24, 2.45) is 5.92 Å². The van der Waals surface area contributed by atoms with Crippen LogP contribution in [0.3, 0.4) is 0 Å². The molecule has 5 rings (SSSR count). The Balaban J connectivity index is 1.34. The molecule has 0 atom stereocenters. The third-order valence-electron chi connectivity index (χ3n) is 7.28. The Kier molecular flexibility index (Phi) is 8.66. The van der Waals surface area contributed by atoms with Gasteiger partial charge in [-0.15, -0.1) is 0 Å². The van der Waals surface area contributed by atoms with Crippen LogP contribution in [0.15, 0.2) is 73.2 Å². The average molecular weight is 597 g/mol. The highest BCUT2D eigenvalue weighted by Crippen LogP contribution is 2.28. The van der Waals surface area contributed by atoms with Crippen LogP contribution in [0.5, 0.6) is 0 Å². The summed E-state index contributed by atoms with van der Waals surface area (Å²) < 4.78 is 6.90. The van der Waals surface area contributed by atoms with Gasteiger partial charge in [-0.05, 0) is 82.1 Å². The second-order valence-corrected chi connectivity index (χ2v) is 11.8. The van der Waals surface area contributed by atoms with E-state index >= 15 is 0 Å². The fraction of sp³-hybridized carbons (Fsp3) is 0.303. The van der Waals surface area contributed by atoms with E-state index in [-0.39, 0.29) is 29.0 Å². The van der Waals surface area contributed by atoms with Gasteiger partial charge in [-0.1, -0.05) is 6.07 Å². The van der Waals surface area contributed by atoms with Gasteiger partial charge in [0.1, 0.15) is 5.60 Å². The van der Waals surface area contributed by atoms with Gasteiger partial charge in [-0.3, -0.25) is 23.9 Å². The molecule has 0 unspecified atom stereocenters. The van der Waals surface area contributed by atoms with Crippen LogP contribution in [-0.2, 0) is 14.3 Å². The van der Waals surface area contributed by atoms with Crippen molar-refractivity contribution < 1.29 is 23.9 Å². The van der Waals surface area contributed by atoms with Crippen LogP contribution in [0, 0.1) is 5.92 Å². The van der Waals surface area contributed by atoms with Crippen LogP contribution in [0.1, 0.15) is 50.9 Å². The van der Waals surface area contributed by atoms with E-state index in [1.807, 2.05) is 12.1 Å². The van der Waals surface area contributed by atoms with E-state index in [4.69, 9.17) is 4.74 Å². The van der Waals surface area contributed by atoms with Crippen LogP contribution in [-0.4, -0.2) is 52.1 Å².